The molecule has 2 atom stereocenters. The van der Waals surface area contributed by atoms with Gasteiger partial charge in [0.15, 0.2) is 0 Å². The third-order valence-corrected chi connectivity index (χ3v) is 6.71. The molecule has 0 saturated carbocycles. The Labute approximate surface area is 137 Å². The van der Waals surface area contributed by atoms with Gasteiger partial charge in [-0.1, -0.05) is 66.7 Å². The van der Waals surface area contributed by atoms with Gasteiger partial charge in [0.25, 0.3) is 7.37 Å². The zero-order chi connectivity index (χ0) is 16.1. The number of benzene rings is 3. The highest BCUT2D eigenvalue weighted by molar-refractivity contribution is 7.67. The zero-order valence-corrected chi connectivity index (χ0v) is 13.9. The highest BCUT2D eigenvalue weighted by Gasteiger charge is 2.35. The SMILES string of the molecule is CC(c1ccccc1)P(=O)(Oc1ccccc1)c1ccccc1. The molecule has 2 nitrogen and oxygen atoms in total. The first kappa shape index (κ1) is 15.6. The molecule has 23 heavy (non-hydrogen) atoms. The predicted molar refractivity (Wildman–Crippen MR) is 95.6 cm³/mol. The highest BCUT2D eigenvalue weighted by atomic mass is 31.2. The van der Waals surface area contributed by atoms with Gasteiger partial charge in [0.2, 0.25) is 0 Å². The van der Waals surface area contributed by atoms with Crippen LogP contribution in [0.25, 0.3) is 0 Å². The summed E-state index contributed by atoms with van der Waals surface area (Å²) in [6.07, 6.45) is 0. The van der Waals surface area contributed by atoms with Crippen molar-refractivity contribution >= 4 is 12.7 Å². The third kappa shape index (κ3) is 3.38. The summed E-state index contributed by atoms with van der Waals surface area (Å²) in [6.45, 7) is 1.96. The van der Waals surface area contributed by atoms with Gasteiger partial charge in [0.05, 0.1) is 5.66 Å². The van der Waals surface area contributed by atoms with E-state index in [1.165, 1.54) is 0 Å². The first-order chi connectivity index (χ1) is 11.2. The molecular weight excluding hydrogens is 303 g/mol. The Kier molecular flexibility index (Phi) is 4.64. The molecule has 0 saturated heterocycles. The molecule has 3 rings (SSSR count). The molecule has 0 aliphatic rings. The van der Waals surface area contributed by atoms with E-state index in [0.29, 0.717) is 5.75 Å². The topological polar surface area (TPSA) is 26.3 Å². The second-order valence-electron chi connectivity index (χ2n) is 5.42. The maximum Gasteiger partial charge on any atom is 0.284 e. The van der Waals surface area contributed by atoms with Crippen LogP contribution in [0.2, 0.25) is 0 Å². The van der Waals surface area contributed by atoms with E-state index in [-0.39, 0.29) is 5.66 Å². The third-order valence-electron chi connectivity index (χ3n) is 3.89. The van der Waals surface area contributed by atoms with E-state index in [4.69, 9.17) is 4.52 Å². The molecule has 0 spiro atoms. The Balaban J connectivity index is 2.05. The summed E-state index contributed by atoms with van der Waals surface area (Å²) in [5.41, 5.74) is 0.780. The molecule has 0 radical (unpaired) electrons. The van der Waals surface area contributed by atoms with E-state index in [1.54, 1.807) is 0 Å². The van der Waals surface area contributed by atoms with Crippen molar-refractivity contribution in [2.45, 2.75) is 12.6 Å². The van der Waals surface area contributed by atoms with E-state index in [9.17, 15) is 4.57 Å². The largest absolute Gasteiger partial charge is 0.439 e. The van der Waals surface area contributed by atoms with Gasteiger partial charge in [-0.3, -0.25) is 4.57 Å². The van der Waals surface area contributed by atoms with Crippen molar-refractivity contribution in [2.24, 2.45) is 0 Å². The first-order valence-electron chi connectivity index (χ1n) is 7.65. The second kappa shape index (κ2) is 6.85. The number of para-hydroxylation sites is 1. The molecule has 116 valence electrons. The molecule has 0 bridgehead atoms. The molecule has 3 aromatic carbocycles. The van der Waals surface area contributed by atoms with Crippen molar-refractivity contribution in [3.63, 3.8) is 0 Å². The Hall–Kier alpha value is -2.31. The van der Waals surface area contributed by atoms with Crippen LogP contribution in [-0.2, 0) is 4.57 Å². The van der Waals surface area contributed by atoms with E-state index < -0.39 is 7.37 Å². The van der Waals surface area contributed by atoms with Gasteiger partial charge in [-0.25, -0.2) is 0 Å². The Bertz CT molecular complexity index is 786. The quantitative estimate of drug-likeness (QED) is 0.585. The van der Waals surface area contributed by atoms with Crippen LogP contribution in [0.3, 0.4) is 0 Å². The summed E-state index contributed by atoms with van der Waals surface area (Å²) in [4.78, 5) is 0. The van der Waals surface area contributed by atoms with Gasteiger partial charge in [-0.15, -0.1) is 0 Å². The molecule has 0 amide bonds. The Morgan fingerprint density at radius 3 is 1.78 bits per heavy atom. The minimum atomic E-state index is -3.11. The number of rotatable bonds is 5. The fourth-order valence-electron chi connectivity index (χ4n) is 2.56. The lowest BCUT2D eigenvalue weighted by Crippen LogP contribution is -2.14. The van der Waals surface area contributed by atoms with Gasteiger partial charge < -0.3 is 4.52 Å². The lowest BCUT2D eigenvalue weighted by Gasteiger charge is -2.26. The summed E-state index contributed by atoms with van der Waals surface area (Å²) in [5, 5.41) is 0.736. The monoisotopic (exact) mass is 322 g/mol. The molecule has 0 aliphatic heterocycles. The fraction of sp³-hybridized carbons (Fsp3) is 0.100. The average molecular weight is 322 g/mol. The summed E-state index contributed by atoms with van der Waals surface area (Å²) >= 11 is 0. The van der Waals surface area contributed by atoms with Crippen LogP contribution < -0.4 is 9.83 Å². The lowest BCUT2D eigenvalue weighted by molar-refractivity contribution is 0.482. The first-order valence-corrected chi connectivity index (χ1v) is 9.34. The van der Waals surface area contributed by atoms with E-state index >= 15 is 0 Å². The summed E-state index contributed by atoms with van der Waals surface area (Å²) < 4.78 is 19.9. The Morgan fingerprint density at radius 1 is 0.739 bits per heavy atom. The molecule has 0 aromatic heterocycles. The highest BCUT2D eigenvalue weighted by Crippen LogP contribution is 2.58. The molecule has 0 heterocycles. The van der Waals surface area contributed by atoms with Crippen molar-refractivity contribution in [2.75, 3.05) is 0 Å². The second-order valence-corrected chi connectivity index (χ2v) is 8.09. The standard InChI is InChI=1S/C20H19O2P/c1-17(18-11-5-2-6-12-18)23(21,20-15-9-4-10-16-20)22-19-13-7-3-8-14-19/h2-17H,1H3. The van der Waals surface area contributed by atoms with Gasteiger partial charge in [-0.05, 0) is 36.8 Å². The van der Waals surface area contributed by atoms with Crippen molar-refractivity contribution in [1.29, 1.82) is 0 Å². The van der Waals surface area contributed by atoms with Crippen LogP contribution in [-0.4, -0.2) is 0 Å². The molecule has 3 aromatic rings. The molecule has 0 fully saturated rings. The Morgan fingerprint density at radius 2 is 1.22 bits per heavy atom. The number of hydrogen-bond donors (Lipinski definition) is 0. The summed E-state index contributed by atoms with van der Waals surface area (Å²) in [7, 11) is -3.11. The van der Waals surface area contributed by atoms with Crippen molar-refractivity contribution < 1.29 is 9.09 Å². The van der Waals surface area contributed by atoms with E-state index in [1.807, 2.05) is 97.9 Å². The van der Waals surface area contributed by atoms with Gasteiger partial charge >= 0.3 is 0 Å². The van der Waals surface area contributed by atoms with Crippen LogP contribution in [0.4, 0.5) is 0 Å². The molecular formula is C20H19O2P. The smallest absolute Gasteiger partial charge is 0.284 e. The van der Waals surface area contributed by atoms with Crippen molar-refractivity contribution in [3.8, 4) is 5.75 Å². The van der Waals surface area contributed by atoms with Gasteiger partial charge in [0.1, 0.15) is 5.75 Å². The zero-order valence-electron chi connectivity index (χ0n) is 13.0. The van der Waals surface area contributed by atoms with E-state index in [0.717, 1.165) is 10.9 Å². The fourth-order valence-corrected chi connectivity index (χ4v) is 4.85. The molecule has 0 N–H and O–H groups in total. The van der Waals surface area contributed by atoms with Crippen LogP contribution in [0.1, 0.15) is 18.1 Å². The van der Waals surface area contributed by atoms with Gasteiger partial charge in [-0.2, -0.15) is 0 Å². The van der Waals surface area contributed by atoms with E-state index in [2.05, 4.69) is 0 Å². The van der Waals surface area contributed by atoms with Crippen LogP contribution in [0.15, 0.2) is 91.0 Å². The van der Waals surface area contributed by atoms with Crippen molar-refractivity contribution in [1.82, 2.24) is 0 Å². The normalized spacial score (nSPS) is 14.7. The molecule has 3 heteroatoms. The van der Waals surface area contributed by atoms with Crippen LogP contribution in [0, 0.1) is 0 Å². The average Bonchev–Trinajstić information content (AvgIpc) is 2.63. The summed E-state index contributed by atoms with van der Waals surface area (Å²) in [5.74, 6) is 0.627. The molecule has 0 aliphatic carbocycles. The minimum Gasteiger partial charge on any atom is -0.439 e. The predicted octanol–water partition coefficient (Wildman–Crippen LogP) is 5.43. The van der Waals surface area contributed by atoms with Crippen molar-refractivity contribution in [3.05, 3.63) is 96.6 Å². The summed E-state index contributed by atoms with van der Waals surface area (Å²) in [6, 6.07) is 28.7. The maximum atomic E-state index is 13.9. The van der Waals surface area contributed by atoms with Gasteiger partial charge in [0, 0.05) is 5.30 Å². The maximum absolute atomic E-state index is 13.9. The number of hydrogen-bond acceptors (Lipinski definition) is 2. The van der Waals surface area contributed by atoms with Crippen LogP contribution in [0.5, 0.6) is 5.75 Å². The lowest BCUT2D eigenvalue weighted by atomic mass is 10.2. The molecule has 2 unspecified atom stereocenters. The minimum absolute atomic E-state index is 0.230. The van der Waals surface area contributed by atoms with Crippen LogP contribution >= 0.6 is 7.37 Å².